The summed E-state index contributed by atoms with van der Waals surface area (Å²) in [5.41, 5.74) is 5.69. The molecule has 4 aliphatic heterocycles. The Kier molecular flexibility index (Phi) is 6.25. The number of thioether (sulfide) groups is 1. The number of aliphatic imine (C=N–C) groups is 1. The smallest absolute Gasteiger partial charge is 0.353 e. The minimum atomic E-state index is -1.13. The Bertz CT molecular complexity index is 886. The van der Waals surface area contributed by atoms with Gasteiger partial charge in [0.2, 0.25) is 11.8 Å². The number of rotatable bonds is 6. The summed E-state index contributed by atoms with van der Waals surface area (Å²) >= 11 is 1.45. The van der Waals surface area contributed by atoms with Crippen LogP contribution in [0.3, 0.4) is 0 Å². The van der Waals surface area contributed by atoms with E-state index in [9.17, 15) is 24.6 Å². The number of aliphatic hydroxyl groups excluding tert-OH is 1. The lowest BCUT2D eigenvalue weighted by Crippen LogP contribution is -2.63. The molecular weight excluding hydrogens is 434 g/mol. The number of nitrogens with zero attached hydrogens (tertiary/aromatic N) is 3. The number of carbonyl (C=O) groups excluding carboxylic acids is 2. The average Bonchev–Trinajstić information content (AvgIpc) is 3.40. The number of nitrogens with one attached hydrogen (secondary N) is 1. The van der Waals surface area contributed by atoms with Crippen molar-refractivity contribution < 1.29 is 24.6 Å². The Hall–Kier alpha value is -2.11. The molecule has 0 aliphatic carbocycles. The van der Waals surface area contributed by atoms with Crippen LogP contribution in [0.4, 0.5) is 0 Å². The zero-order chi connectivity index (χ0) is 23.3. The summed E-state index contributed by atoms with van der Waals surface area (Å²) in [4.78, 5) is 45.6. The second kappa shape index (κ2) is 8.68. The molecule has 4 aliphatic rings. The van der Waals surface area contributed by atoms with Gasteiger partial charge < -0.3 is 31.1 Å². The maximum atomic E-state index is 13.0. The van der Waals surface area contributed by atoms with Gasteiger partial charge in [-0.05, 0) is 26.7 Å². The second-order valence-corrected chi connectivity index (χ2v) is 10.5. The summed E-state index contributed by atoms with van der Waals surface area (Å²) in [7, 11) is 0. The molecule has 0 unspecified atom stereocenters. The van der Waals surface area contributed by atoms with E-state index in [1.807, 2.05) is 11.8 Å². The van der Waals surface area contributed by atoms with Gasteiger partial charge in [0.1, 0.15) is 5.70 Å². The van der Waals surface area contributed by atoms with E-state index in [2.05, 4.69) is 10.3 Å². The van der Waals surface area contributed by atoms with E-state index in [0.717, 1.165) is 6.42 Å². The standard InChI is InChI=1S/C21H31N5O5S/c1-9-16-15(10(2)27)20(29)26(16)17(21(30)31)18(9)32-13-6-14(23-7-13)19(28)25-5-4-12(8-25)24-11(3)22/h9-10,12-16,23,27H,4-8H2,1-3H3,(H2,22,24)(H,30,31)/t9-,10-,12-,13+,14+,15-,16-/m1/s1. The van der Waals surface area contributed by atoms with Crippen molar-refractivity contribution in [2.45, 2.75) is 63.1 Å². The highest BCUT2D eigenvalue weighted by atomic mass is 32.2. The second-order valence-electron chi connectivity index (χ2n) is 9.21. The molecule has 0 bridgehead atoms. The highest BCUT2D eigenvalue weighted by molar-refractivity contribution is 8.03. The molecule has 0 aromatic heterocycles. The summed E-state index contributed by atoms with van der Waals surface area (Å²) in [5, 5.41) is 23.1. The first kappa shape index (κ1) is 23.1. The van der Waals surface area contributed by atoms with Gasteiger partial charge in [-0.25, -0.2) is 4.79 Å². The molecule has 10 nitrogen and oxygen atoms in total. The van der Waals surface area contributed by atoms with Crippen LogP contribution in [0.15, 0.2) is 15.6 Å². The maximum absolute atomic E-state index is 13.0. The molecule has 4 heterocycles. The van der Waals surface area contributed by atoms with E-state index in [4.69, 9.17) is 5.73 Å². The predicted octanol–water partition coefficient (Wildman–Crippen LogP) is -0.418. The molecule has 176 valence electrons. The van der Waals surface area contributed by atoms with Crippen molar-refractivity contribution in [3.05, 3.63) is 10.6 Å². The number of carboxylic acid groups (broad SMARTS) is 1. The molecule has 0 saturated carbocycles. The molecular formula is C21H31N5O5S. The molecule has 0 aromatic carbocycles. The van der Waals surface area contributed by atoms with Crippen LogP contribution >= 0.6 is 11.8 Å². The topological polar surface area (TPSA) is 149 Å². The number of fused-ring (bicyclic) bond motifs is 1. The third-order valence-corrected chi connectivity index (χ3v) is 8.37. The molecule has 0 radical (unpaired) electrons. The van der Waals surface area contributed by atoms with Crippen LogP contribution in [0.5, 0.6) is 0 Å². The van der Waals surface area contributed by atoms with E-state index < -0.39 is 18.0 Å². The van der Waals surface area contributed by atoms with Gasteiger partial charge >= 0.3 is 5.97 Å². The Morgan fingerprint density at radius 2 is 2.09 bits per heavy atom. The first-order valence-electron chi connectivity index (χ1n) is 11.1. The highest BCUT2D eigenvalue weighted by Crippen LogP contribution is 2.51. The summed E-state index contributed by atoms with van der Waals surface area (Å²) in [6, 6.07) is -0.596. The minimum absolute atomic E-state index is 0.0252. The number of aliphatic hydroxyl groups is 1. The van der Waals surface area contributed by atoms with Gasteiger partial charge in [-0.3, -0.25) is 14.6 Å². The lowest BCUT2D eigenvalue weighted by atomic mass is 9.79. The number of amides is 2. The fourth-order valence-corrected chi connectivity index (χ4v) is 6.87. The quantitative estimate of drug-likeness (QED) is 0.235. The normalized spacial score (nSPS) is 35.9. The first-order valence-corrected chi connectivity index (χ1v) is 11.9. The van der Waals surface area contributed by atoms with Gasteiger partial charge in [-0.15, -0.1) is 11.8 Å². The van der Waals surface area contributed by atoms with E-state index in [1.54, 1.807) is 13.8 Å². The molecule has 4 rings (SSSR count). The number of hydrogen-bond donors (Lipinski definition) is 4. The first-order chi connectivity index (χ1) is 15.1. The largest absolute Gasteiger partial charge is 0.477 e. The zero-order valence-electron chi connectivity index (χ0n) is 18.5. The van der Waals surface area contributed by atoms with Crippen molar-refractivity contribution in [1.82, 2.24) is 15.1 Å². The molecule has 0 aromatic rings. The molecule has 7 atom stereocenters. The molecule has 3 saturated heterocycles. The van der Waals surface area contributed by atoms with Crippen LogP contribution in [0, 0.1) is 11.8 Å². The van der Waals surface area contributed by atoms with Crippen molar-refractivity contribution in [3.63, 3.8) is 0 Å². The Balaban J connectivity index is 1.41. The summed E-state index contributed by atoms with van der Waals surface area (Å²) in [6.07, 6.45) is 0.566. The van der Waals surface area contributed by atoms with Crippen LogP contribution in [0.2, 0.25) is 0 Å². The highest BCUT2D eigenvalue weighted by Gasteiger charge is 2.60. The van der Waals surface area contributed by atoms with Crippen LogP contribution in [-0.2, 0) is 14.4 Å². The van der Waals surface area contributed by atoms with Crippen LogP contribution in [0.25, 0.3) is 0 Å². The van der Waals surface area contributed by atoms with Crippen LogP contribution in [0.1, 0.15) is 33.6 Å². The number of likely N-dealkylation sites (tertiary alicyclic amines) is 1. The number of nitrogens with two attached hydrogens (primary N) is 1. The Labute approximate surface area is 191 Å². The molecule has 32 heavy (non-hydrogen) atoms. The van der Waals surface area contributed by atoms with E-state index in [-0.39, 0.29) is 46.8 Å². The Morgan fingerprint density at radius 3 is 2.72 bits per heavy atom. The third-order valence-electron chi connectivity index (χ3n) is 6.85. The molecule has 2 amide bonds. The Morgan fingerprint density at radius 1 is 1.38 bits per heavy atom. The monoisotopic (exact) mass is 465 g/mol. The van der Waals surface area contributed by atoms with Crippen LogP contribution < -0.4 is 11.1 Å². The lowest BCUT2D eigenvalue weighted by molar-refractivity contribution is -0.163. The predicted molar refractivity (Wildman–Crippen MR) is 120 cm³/mol. The van der Waals surface area contributed by atoms with Crippen molar-refractivity contribution in [2.24, 2.45) is 22.6 Å². The lowest BCUT2D eigenvalue weighted by Gasteiger charge is -2.46. The number of carbonyl (C=O) groups is 3. The van der Waals surface area contributed by atoms with Gasteiger partial charge in [0, 0.05) is 35.7 Å². The van der Waals surface area contributed by atoms with Gasteiger partial charge in [-0.2, -0.15) is 0 Å². The number of amidine groups is 1. The minimum Gasteiger partial charge on any atom is -0.477 e. The number of hydrogen-bond acceptors (Lipinski definition) is 7. The zero-order valence-corrected chi connectivity index (χ0v) is 19.3. The fraction of sp³-hybridized carbons (Fsp3) is 0.714. The van der Waals surface area contributed by atoms with Crippen molar-refractivity contribution in [1.29, 1.82) is 0 Å². The van der Waals surface area contributed by atoms with Gasteiger partial charge in [0.05, 0.1) is 36.0 Å². The summed E-state index contributed by atoms with van der Waals surface area (Å²) in [5.74, 6) is -1.64. The number of carboxylic acids is 1. The van der Waals surface area contributed by atoms with E-state index in [1.165, 1.54) is 16.7 Å². The average molecular weight is 466 g/mol. The van der Waals surface area contributed by atoms with Crippen LogP contribution in [-0.4, -0.2) is 92.7 Å². The van der Waals surface area contributed by atoms with Gasteiger partial charge in [0.15, 0.2) is 0 Å². The molecule has 11 heteroatoms. The third kappa shape index (κ3) is 3.90. The van der Waals surface area contributed by atoms with Crippen molar-refractivity contribution in [3.8, 4) is 0 Å². The summed E-state index contributed by atoms with van der Waals surface area (Å²) in [6.45, 7) is 7.02. The number of aliphatic carboxylic acids is 1. The van der Waals surface area contributed by atoms with Crippen molar-refractivity contribution in [2.75, 3.05) is 19.6 Å². The maximum Gasteiger partial charge on any atom is 0.353 e. The van der Waals surface area contributed by atoms with Crippen molar-refractivity contribution >= 4 is 35.4 Å². The fourth-order valence-electron chi connectivity index (χ4n) is 5.40. The molecule has 5 N–H and O–H groups in total. The van der Waals surface area contributed by atoms with E-state index in [0.29, 0.717) is 36.8 Å². The van der Waals surface area contributed by atoms with E-state index >= 15 is 0 Å². The number of β-lactam (4-membered cyclic amide) rings is 1. The van der Waals surface area contributed by atoms with Gasteiger partial charge in [-0.1, -0.05) is 6.92 Å². The van der Waals surface area contributed by atoms with Gasteiger partial charge in [0.25, 0.3) is 0 Å². The summed E-state index contributed by atoms with van der Waals surface area (Å²) < 4.78 is 0. The SMILES string of the molecule is CC(N)=N[C@@H]1CCN(C(=O)[C@@H]2C[C@H](SC3=C(C(=O)O)N4C(=O)[C@H]([C@@H](C)O)[C@H]4[C@H]3C)CN2)C1. The molecule has 3 fully saturated rings. The molecule has 0 spiro atoms.